The molecule has 2 aromatic heterocycles. The number of β-amino-alcohol motifs (C(OH)–C–C–N with tert-alkyl or cyclic N) is 1. The number of aryl methyl sites for hydroxylation is 1. The second-order valence-electron chi connectivity index (χ2n) is 16.3. The lowest BCUT2D eigenvalue weighted by Crippen LogP contribution is -2.57. The molecule has 15 nitrogen and oxygen atoms in total. The molecule has 6 rings (SSSR count). The Bertz CT molecular complexity index is 2360. The number of nitrogens with one attached hydrogen (secondary N) is 3. The number of hydrogen-bond acceptors (Lipinski definition) is 13. The first-order chi connectivity index (χ1) is 31.0. The summed E-state index contributed by atoms with van der Waals surface area (Å²) < 4.78 is 58.5. The number of hydrogen-bond donors (Lipinski definition) is 4. The summed E-state index contributed by atoms with van der Waals surface area (Å²) in [7, 11) is 0. The van der Waals surface area contributed by atoms with Gasteiger partial charge in [-0.2, -0.15) is 0 Å². The van der Waals surface area contributed by atoms with Gasteiger partial charge in [0.05, 0.1) is 54.3 Å². The Hall–Kier alpha value is -6.15. The quantitative estimate of drug-likeness (QED) is 0.0598. The number of nitrogens with zero attached hydrogens (tertiary/aromatic N) is 4. The maximum Gasteiger partial charge on any atom is 0.573 e. The highest BCUT2D eigenvalue weighted by molar-refractivity contribution is 7.13. The first-order valence-electron chi connectivity index (χ1n) is 20.9. The van der Waals surface area contributed by atoms with Crippen LogP contribution in [-0.4, -0.2) is 107 Å². The third kappa shape index (κ3) is 14.4. The van der Waals surface area contributed by atoms with Crippen molar-refractivity contribution < 1.29 is 51.6 Å². The Kier molecular flexibility index (Phi) is 16.5. The van der Waals surface area contributed by atoms with Crippen molar-refractivity contribution in [3.05, 3.63) is 102 Å². The molecule has 0 bridgehead atoms. The van der Waals surface area contributed by atoms with Gasteiger partial charge < -0.3 is 44.9 Å². The van der Waals surface area contributed by atoms with Crippen LogP contribution in [0.5, 0.6) is 11.5 Å². The lowest BCUT2D eigenvalue weighted by molar-refractivity contribution is -0.274. The Morgan fingerprint density at radius 2 is 1.60 bits per heavy atom. The Labute approximate surface area is 378 Å². The number of benzene rings is 3. The monoisotopic (exact) mass is 919 g/mol. The average Bonchev–Trinajstić information content (AvgIpc) is 3.89. The molecular weight excluding hydrogens is 868 g/mol. The molecule has 3 heterocycles. The summed E-state index contributed by atoms with van der Waals surface area (Å²) in [6, 6.07) is 20.2. The molecule has 19 heteroatoms. The van der Waals surface area contributed by atoms with Crippen molar-refractivity contribution in [3.8, 4) is 33.2 Å². The summed E-state index contributed by atoms with van der Waals surface area (Å²) in [5, 5.41) is 19.3. The van der Waals surface area contributed by atoms with Crippen molar-refractivity contribution in [2.24, 2.45) is 5.41 Å². The van der Waals surface area contributed by atoms with Crippen LogP contribution in [0.25, 0.3) is 21.7 Å². The molecule has 65 heavy (non-hydrogen) atoms. The van der Waals surface area contributed by atoms with Gasteiger partial charge in [-0.1, -0.05) is 57.2 Å². The number of carbonyl (C=O) groups is 3. The molecule has 1 fully saturated rings. The van der Waals surface area contributed by atoms with Gasteiger partial charge in [0.15, 0.2) is 0 Å². The summed E-state index contributed by atoms with van der Waals surface area (Å²) in [6.07, 6.45) is -4.21. The predicted octanol–water partition coefficient (Wildman–Crippen LogP) is 6.83. The Morgan fingerprint density at radius 3 is 2.29 bits per heavy atom. The topological polar surface area (TPSA) is 186 Å². The van der Waals surface area contributed by atoms with Crippen molar-refractivity contribution >= 4 is 40.6 Å². The number of amides is 3. The zero-order chi connectivity index (χ0) is 46.6. The molecule has 3 amide bonds. The van der Waals surface area contributed by atoms with Gasteiger partial charge in [0.1, 0.15) is 42.3 Å². The minimum absolute atomic E-state index is 0.00894. The molecule has 1 aliphatic rings. The molecule has 1 saturated heterocycles. The highest BCUT2D eigenvalue weighted by Crippen LogP contribution is 2.30. The van der Waals surface area contributed by atoms with E-state index in [2.05, 4.69) is 35.6 Å². The third-order valence-electron chi connectivity index (χ3n) is 10.2. The summed E-state index contributed by atoms with van der Waals surface area (Å²) >= 11 is 1.56. The lowest BCUT2D eigenvalue weighted by atomic mass is 9.85. The molecule has 2 unspecified atom stereocenters. The molecule has 0 aliphatic carbocycles. The van der Waals surface area contributed by atoms with Crippen molar-refractivity contribution in [3.63, 3.8) is 0 Å². The predicted molar refractivity (Wildman–Crippen MR) is 237 cm³/mol. The Morgan fingerprint density at radius 1 is 0.877 bits per heavy atom. The maximum absolute atomic E-state index is 13.9. The zero-order valence-corrected chi connectivity index (χ0v) is 37.2. The third-order valence-corrected chi connectivity index (χ3v) is 11.2. The number of ether oxygens (including phenoxy) is 4. The summed E-state index contributed by atoms with van der Waals surface area (Å²) in [5.41, 5.74) is 5.82. The fourth-order valence-corrected chi connectivity index (χ4v) is 7.75. The average molecular weight is 920 g/mol. The molecule has 0 radical (unpaired) electrons. The van der Waals surface area contributed by atoms with E-state index in [1.807, 2.05) is 64.1 Å². The number of anilines is 2. The standard InChI is InChI=1S/C46H52F3N7O8S/c1-29-41(65-28-53-29)31-10-8-30(9-11-31)25-50-43(59)38-23-34(57)26-56(38)44(60)42(45(2,3)4)55-40(58)16-17-61-18-19-62-20-21-63-36-7-5-6-32(22-36)37-24-39(52-27-51-37)54-33-12-14-35(15-13-33)64-46(47,48)49/h5-15,22,24,27-28,34,38,42,57H,16-21,23,25-26H2,1-4H3,(H,50,59)(H,55,58)(H,51,52,54)/t34?,38?,42-/m1/s1. The number of thiazole rings is 1. The van der Waals surface area contributed by atoms with Gasteiger partial charge in [0, 0.05) is 43.2 Å². The number of aliphatic hydroxyl groups is 1. The smallest absolute Gasteiger partial charge is 0.491 e. The molecule has 5 aromatic rings. The fourth-order valence-electron chi connectivity index (χ4n) is 6.94. The van der Waals surface area contributed by atoms with E-state index in [9.17, 15) is 32.7 Å². The number of aliphatic hydroxyl groups excluding tert-OH is 1. The molecule has 4 N–H and O–H groups in total. The van der Waals surface area contributed by atoms with E-state index in [-0.39, 0.29) is 70.6 Å². The highest BCUT2D eigenvalue weighted by Gasteiger charge is 2.44. The van der Waals surface area contributed by atoms with E-state index in [1.165, 1.54) is 35.5 Å². The van der Waals surface area contributed by atoms with Gasteiger partial charge in [-0.05, 0) is 59.9 Å². The van der Waals surface area contributed by atoms with Crippen molar-refractivity contribution in [1.82, 2.24) is 30.5 Å². The number of carbonyl (C=O) groups excluding carboxylic acids is 3. The van der Waals surface area contributed by atoms with Gasteiger partial charge in [-0.25, -0.2) is 15.0 Å². The summed E-state index contributed by atoms with van der Waals surface area (Å²) in [5.74, 6) is -0.546. The molecule has 3 atom stereocenters. The van der Waals surface area contributed by atoms with Crippen LogP contribution >= 0.6 is 11.3 Å². The molecule has 3 aromatic carbocycles. The largest absolute Gasteiger partial charge is 0.573 e. The number of likely N-dealkylation sites (tertiary alicyclic amines) is 1. The van der Waals surface area contributed by atoms with E-state index in [0.717, 1.165) is 27.3 Å². The number of aromatic nitrogens is 3. The minimum atomic E-state index is -4.78. The second-order valence-corrected chi connectivity index (χ2v) is 17.1. The van der Waals surface area contributed by atoms with Crippen LogP contribution in [0, 0.1) is 12.3 Å². The van der Waals surface area contributed by atoms with Gasteiger partial charge in [0.25, 0.3) is 0 Å². The van der Waals surface area contributed by atoms with E-state index < -0.39 is 41.8 Å². The van der Waals surface area contributed by atoms with E-state index >= 15 is 0 Å². The van der Waals surface area contributed by atoms with E-state index in [1.54, 1.807) is 35.0 Å². The van der Waals surface area contributed by atoms with Crippen LogP contribution in [0.15, 0.2) is 90.7 Å². The number of rotatable bonds is 20. The first kappa shape index (κ1) is 48.3. The first-order valence-corrected chi connectivity index (χ1v) is 21.8. The van der Waals surface area contributed by atoms with Gasteiger partial charge in [0.2, 0.25) is 17.7 Å². The van der Waals surface area contributed by atoms with Crippen LogP contribution in [0.2, 0.25) is 0 Å². The fraction of sp³-hybridized carbons (Fsp3) is 0.391. The van der Waals surface area contributed by atoms with Crippen molar-refractivity contribution in [1.29, 1.82) is 0 Å². The molecule has 1 aliphatic heterocycles. The van der Waals surface area contributed by atoms with E-state index in [0.29, 0.717) is 22.9 Å². The van der Waals surface area contributed by atoms with Gasteiger partial charge >= 0.3 is 6.36 Å². The summed E-state index contributed by atoms with van der Waals surface area (Å²) in [6.45, 7) is 8.73. The van der Waals surface area contributed by atoms with Crippen LogP contribution < -0.4 is 25.4 Å². The van der Waals surface area contributed by atoms with Crippen molar-refractivity contribution in [2.45, 2.75) is 71.6 Å². The molecule has 0 spiro atoms. The van der Waals surface area contributed by atoms with Crippen molar-refractivity contribution in [2.75, 3.05) is 44.9 Å². The van der Waals surface area contributed by atoms with Crippen LogP contribution in [0.3, 0.4) is 0 Å². The SMILES string of the molecule is Cc1ncsc1-c1ccc(CNC(=O)C2CC(O)CN2C(=O)[C@@H](NC(=O)CCOCCOCCOc2cccc(-c3cc(Nc4ccc(OC(F)(F)F)cc4)ncn3)c2)C(C)(C)C)cc1. The van der Waals surface area contributed by atoms with Crippen LogP contribution in [0.1, 0.15) is 44.9 Å². The molecule has 0 saturated carbocycles. The minimum Gasteiger partial charge on any atom is -0.491 e. The highest BCUT2D eigenvalue weighted by atomic mass is 32.1. The van der Waals surface area contributed by atoms with E-state index in [4.69, 9.17) is 14.2 Å². The van der Waals surface area contributed by atoms with Crippen LogP contribution in [0.4, 0.5) is 24.7 Å². The normalized spacial score (nSPS) is 15.6. The maximum atomic E-state index is 13.9. The van der Waals surface area contributed by atoms with Crippen LogP contribution in [-0.2, 0) is 30.4 Å². The second kappa shape index (κ2) is 22.2. The molecular formula is C46H52F3N7O8S. The summed E-state index contributed by atoms with van der Waals surface area (Å²) in [4.78, 5) is 55.7. The number of alkyl halides is 3. The zero-order valence-electron chi connectivity index (χ0n) is 36.4. The van der Waals surface area contributed by atoms with Gasteiger partial charge in [-0.3, -0.25) is 14.4 Å². The molecule has 346 valence electrons. The number of halogens is 3. The van der Waals surface area contributed by atoms with Gasteiger partial charge in [-0.15, -0.1) is 24.5 Å². The Balaban J connectivity index is 0.881. The lowest BCUT2D eigenvalue weighted by Gasteiger charge is -2.35.